The van der Waals surface area contributed by atoms with E-state index >= 15 is 0 Å². The molecule has 1 unspecified atom stereocenters. The second-order valence-corrected chi connectivity index (χ2v) is 6.15. The Hall–Kier alpha value is -1.82. The van der Waals surface area contributed by atoms with Crippen molar-refractivity contribution in [2.45, 2.75) is 51.6 Å². The Morgan fingerprint density at radius 1 is 1.32 bits per heavy atom. The average molecular weight is 256 g/mol. The molecule has 0 radical (unpaired) electrons. The standard InChI is InChI=1S/C16H20N2O/c1-16(2,3)13-6-4-12(5-7-13)11-18-14(10-17)8-9-15(18)19/h4-7,14H,8-9,11H2,1-3H3. The van der Waals surface area contributed by atoms with E-state index in [0.717, 1.165) is 5.56 Å². The number of benzene rings is 1. The van der Waals surface area contributed by atoms with Crippen LogP contribution in [-0.2, 0) is 16.8 Å². The Labute approximate surface area is 114 Å². The minimum Gasteiger partial charge on any atom is -0.322 e. The van der Waals surface area contributed by atoms with Crippen LogP contribution in [0.2, 0.25) is 0 Å². The van der Waals surface area contributed by atoms with E-state index in [4.69, 9.17) is 5.26 Å². The fraction of sp³-hybridized carbons (Fsp3) is 0.500. The molecule has 0 bridgehead atoms. The predicted molar refractivity (Wildman–Crippen MR) is 74.3 cm³/mol. The first-order valence-corrected chi connectivity index (χ1v) is 6.70. The molecule has 1 heterocycles. The number of nitriles is 1. The monoisotopic (exact) mass is 256 g/mol. The van der Waals surface area contributed by atoms with Crippen LogP contribution in [0.1, 0.15) is 44.7 Å². The lowest BCUT2D eigenvalue weighted by atomic mass is 9.87. The van der Waals surface area contributed by atoms with Crippen LogP contribution >= 0.6 is 0 Å². The van der Waals surface area contributed by atoms with Crippen molar-refractivity contribution in [3.05, 3.63) is 35.4 Å². The van der Waals surface area contributed by atoms with E-state index in [1.807, 2.05) is 0 Å². The van der Waals surface area contributed by atoms with Crippen molar-refractivity contribution in [2.75, 3.05) is 0 Å². The number of hydrogen-bond donors (Lipinski definition) is 0. The third-order valence-electron chi connectivity index (χ3n) is 3.65. The summed E-state index contributed by atoms with van der Waals surface area (Å²) in [5.74, 6) is 0.0893. The van der Waals surface area contributed by atoms with Crippen LogP contribution in [0.3, 0.4) is 0 Å². The Morgan fingerprint density at radius 3 is 2.47 bits per heavy atom. The van der Waals surface area contributed by atoms with Crippen LogP contribution in [0.5, 0.6) is 0 Å². The molecular formula is C16H20N2O. The van der Waals surface area contributed by atoms with Crippen molar-refractivity contribution in [3.8, 4) is 6.07 Å². The van der Waals surface area contributed by atoms with Gasteiger partial charge in [-0.3, -0.25) is 4.79 Å². The lowest BCUT2D eigenvalue weighted by Gasteiger charge is -2.22. The van der Waals surface area contributed by atoms with Gasteiger partial charge in [-0.1, -0.05) is 45.0 Å². The summed E-state index contributed by atoms with van der Waals surface area (Å²) in [6, 6.07) is 10.3. The summed E-state index contributed by atoms with van der Waals surface area (Å²) in [5.41, 5.74) is 2.50. The molecule has 0 N–H and O–H groups in total. The van der Waals surface area contributed by atoms with Crippen LogP contribution < -0.4 is 0 Å². The quantitative estimate of drug-likeness (QED) is 0.816. The largest absolute Gasteiger partial charge is 0.322 e. The Bertz CT molecular complexity index is 505. The maximum absolute atomic E-state index is 11.7. The summed E-state index contributed by atoms with van der Waals surface area (Å²) >= 11 is 0. The third-order valence-corrected chi connectivity index (χ3v) is 3.65. The fourth-order valence-electron chi connectivity index (χ4n) is 2.37. The molecule has 1 fully saturated rings. The van der Waals surface area contributed by atoms with Gasteiger partial charge in [0, 0.05) is 13.0 Å². The van der Waals surface area contributed by atoms with Crippen molar-refractivity contribution < 1.29 is 4.79 Å². The van der Waals surface area contributed by atoms with Crippen molar-refractivity contribution in [3.63, 3.8) is 0 Å². The minimum atomic E-state index is -0.255. The Balaban J connectivity index is 2.12. The number of carbonyl (C=O) groups is 1. The Morgan fingerprint density at radius 2 is 1.95 bits per heavy atom. The highest BCUT2D eigenvalue weighted by atomic mass is 16.2. The van der Waals surface area contributed by atoms with Crippen molar-refractivity contribution in [1.82, 2.24) is 4.90 Å². The van der Waals surface area contributed by atoms with E-state index in [1.54, 1.807) is 4.90 Å². The Kier molecular flexibility index (Phi) is 3.61. The van der Waals surface area contributed by atoms with E-state index < -0.39 is 0 Å². The van der Waals surface area contributed by atoms with Gasteiger partial charge in [-0.25, -0.2) is 0 Å². The third kappa shape index (κ3) is 2.96. The van der Waals surface area contributed by atoms with Gasteiger partial charge < -0.3 is 4.90 Å². The fourth-order valence-corrected chi connectivity index (χ4v) is 2.37. The summed E-state index contributed by atoms with van der Waals surface area (Å²) < 4.78 is 0. The molecule has 2 rings (SSSR count). The van der Waals surface area contributed by atoms with E-state index in [0.29, 0.717) is 19.4 Å². The molecule has 1 aromatic carbocycles. The lowest BCUT2D eigenvalue weighted by molar-refractivity contribution is -0.128. The number of rotatable bonds is 2. The summed E-state index contributed by atoms with van der Waals surface area (Å²) in [5, 5.41) is 9.04. The van der Waals surface area contributed by atoms with E-state index in [2.05, 4.69) is 51.1 Å². The minimum absolute atomic E-state index is 0.0893. The molecule has 0 saturated carbocycles. The molecule has 1 saturated heterocycles. The van der Waals surface area contributed by atoms with Gasteiger partial charge in [0.05, 0.1) is 6.07 Å². The normalized spacial score (nSPS) is 19.6. The zero-order chi connectivity index (χ0) is 14.0. The van der Waals surface area contributed by atoms with Crippen LogP contribution in [0.15, 0.2) is 24.3 Å². The zero-order valence-electron chi connectivity index (χ0n) is 11.8. The molecule has 1 aromatic rings. The maximum Gasteiger partial charge on any atom is 0.224 e. The SMILES string of the molecule is CC(C)(C)c1ccc(CN2C(=O)CCC2C#N)cc1. The maximum atomic E-state index is 11.7. The molecule has 1 atom stereocenters. The molecule has 1 aliphatic rings. The molecule has 3 heteroatoms. The molecule has 0 aliphatic carbocycles. The van der Waals surface area contributed by atoms with Gasteiger partial charge in [0.1, 0.15) is 6.04 Å². The average Bonchev–Trinajstić information content (AvgIpc) is 2.70. The molecular weight excluding hydrogens is 236 g/mol. The summed E-state index contributed by atoms with van der Waals surface area (Å²) in [7, 11) is 0. The number of carbonyl (C=O) groups excluding carboxylic acids is 1. The van der Waals surface area contributed by atoms with Gasteiger partial charge >= 0.3 is 0 Å². The van der Waals surface area contributed by atoms with Crippen LogP contribution in [-0.4, -0.2) is 16.8 Å². The highest BCUT2D eigenvalue weighted by molar-refractivity contribution is 5.79. The first kappa shape index (κ1) is 13.6. The van der Waals surface area contributed by atoms with Crippen molar-refractivity contribution in [2.24, 2.45) is 0 Å². The van der Waals surface area contributed by atoms with E-state index in [9.17, 15) is 4.79 Å². The van der Waals surface area contributed by atoms with E-state index in [1.165, 1.54) is 5.56 Å². The molecule has 0 spiro atoms. The topological polar surface area (TPSA) is 44.1 Å². The highest BCUT2D eigenvalue weighted by Gasteiger charge is 2.30. The molecule has 100 valence electrons. The van der Waals surface area contributed by atoms with Gasteiger partial charge in [0.2, 0.25) is 5.91 Å². The van der Waals surface area contributed by atoms with Gasteiger partial charge in [0.25, 0.3) is 0 Å². The second kappa shape index (κ2) is 5.05. The second-order valence-electron chi connectivity index (χ2n) is 6.15. The molecule has 1 amide bonds. The summed E-state index contributed by atoms with van der Waals surface area (Å²) in [6.07, 6.45) is 1.16. The van der Waals surface area contributed by atoms with Crippen molar-refractivity contribution in [1.29, 1.82) is 5.26 Å². The first-order valence-electron chi connectivity index (χ1n) is 6.70. The number of hydrogen-bond acceptors (Lipinski definition) is 2. The molecule has 0 aromatic heterocycles. The smallest absolute Gasteiger partial charge is 0.224 e. The number of amides is 1. The van der Waals surface area contributed by atoms with Gasteiger partial charge in [-0.15, -0.1) is 0 Å². The van der Waals surface area contributed by atoms with Crippen molar-refractivity contribution >= 4 is 5.91 Å². The summed E-state index contributed by atoms with van der Waals surface area (Å²) in [6.45, 7) is 7.08. The predicted octanol–water partition coefficient (Wildman–Crippen LogP) is 3.00. The molecule has 1 aliphatic heterocycles. The van der Waals surface area contributed by atoms with Crippen LogP contribution in [0, 0.1) is 11.3 Å². The van der Waals surface area contributed by atoms with Crippen LogP contribution in [0.4, 0.5) is 0 Å². The number of likely N-dealkylation sites (tertiary alicyclic amines) is 1. The highest BCUT2D eigenvalue weighted by Crippen LogP contribution is 2.24. The van der Waals surface area contributed by atoms with Gasteiger partial charge in [0.15, 0.2) is 0 Å². The molecule has 3 nitrogen and oxygen atoms in total. The lowest BCUT2D eigenvalue weighted by Crippen LogP contribution is -2.31. The van der Waals surface area contributed by atoms with Gasteiger partial charge in [-0.2, -0.15) is 5.26 Å². The summed E-state index contributed by atoms with van der Waals surface area (Å²) in [4.78, 5) is 13.4. The van der Waals surface area contributed by atoms with Crippen LogP contribution in [0.25, 0.3) is 0 Å². The van der Waals surface area contributed by atoms with Gasteiger partial charge in [-0.05, 0) is 23.0 Å². The van der Waals surface area contributed by atoms with E-state index in [-0.39, 0.29) is 17.4 Å². The molecule has 19 heavy (non-hydrogen) atoms. The first-order chi connectivity index (χ1) is 8.91. The number of nitrogens with zero attached hydrogens (tertiary/aromatic N) is 2. The zero-order valence-corrected chi connectivity index (χ0v) is 11.8.